The van der Waals surface area contributed by atoms with Crippen LogP contribution in [0.15, 0.2) is 89.9 Å². The van der Waals surface area contributed by atoms with E-state index in [9.17, 15) is 4.79 Å². The lowest BCUT2D eigenvalue weighted by Gasteiger charge is -2.26. The summed E-state index contributed by atoms with van der Waals surface area (Å²) in [4.78, 5) is 13.0. The minimum Gasteiger partial charge on any atom is -0.501 e. The second-order valence-electron chi connectivity index (χ2n) is 8.58. The van der Waals surface area contributed by atoms with Crippen LogP contribution in [-0.4, -0.2) is 31.3 Å². The Labute approximate surface area is 203 Å². The van der Waals surface area contributed by atoms with Crippen molar-refractivity contribution in [3.05, 3.63) is 95.4 Å². The number of hydrogen-bond acceptors (Lipinski definition) is 4. The first-order valence-electron chi connectivity index (χ1n) is 11.9. The fourth-order valence-electron chi connectivity index (χ4n) is 3.79. The second-order valence-corrected chi connectivity index (χ2v) is 8.58. The van der Waals surface area contributed by atoms with Crippen molar-refractivity contribution in [3.63, 3.8) is 0 Å². The van der Waals surface area contributed by atoms with E-state index in [1.54, 1.807) is 7.11 Å². The molecular weight excluding hydrogens is 426 g/mol. The number of anilines is 1. The van der Waals surface area contributed by atoms with Crippen LogP contribution in [0.25, 0.3) is 0 Å². The Hall–Kier alpha value is -3.47. The highest BCUT2D eigenvalue weighted by atomic mass is 16.5. The van der Waals surface area contributed by atoms with Crippen molar-refractivity contribution in [1.82, 2.24) is 0 Å². The molecule has 0 aliphatic heterocycles. The lowest BCUT2D eigenvalue weighted by molar-refractivity contribution is -0.137. The molecule has 1 atom stereocenters. The summed E-state index contributed by atoms with van der Waals surface area (Å²) in [5.41, 5.74) is 4.93. The first-order valence-corrected chi connectivity index (χ1v) is 11.9. The fourth-order valence-corrected chi connectivity index (χ4v) is 3.79. The first-order chi connectivity index (χ1) is 16.5. The zero-order chi connectivity index (χ0) is 24.3. The number of para-hydroxylation sites is 1. The third-order valence-electron chi connectivity index (χ3n) is 5.92. The van der Waals surface area contributed by atoms with E-state index >= 15 is 0 Å². The minimum absolute atomic E-state index is 0.194. The van der Waals surface area contributed by atoms with Gasteiger partial charge in [-0.25, -0.2) is 0 Å². The molecule has 1 aliphatic rings. The third-order valence-corrected chi connectivity index (χ3v) is 5.92. The minimum atomic E-state index is -0.752. The maximum Gasteiger partial charge on any atom is 0.303 e. The van der Waals surface area contributed by atoms with E-state index in [0.717, 1.165) is 35.6 Å². The predicted molar refractivity (Wildman–Crippen MR) is 137 cm³/mol. The standard InChI is InChI=1S/C29H35NO4/c1-22-21-27(22)28(13-7-9-23(2)33-3)30(25-11-5-4-6-12-25)19-20-34-26-17-15-24(16-18-26)10-8-14-29(31)32/h4-7,9,11-13,15-18,22H,8,10,14,19-21H2,1-3H3,(H,31,32)/b13-7-,23-9+,28-27-. The van der Waals surface area contributed by atoms with E-state index in [-0.39, 0.29) is 6.42 Å². The molecule has 0 bridgehead atoms. The molecule has 1 unspecified atom stereocenters. The van der Waals surface area contributed by atoms with Gasteiger partial charge in [0, 0.05) is 17.8 Å². The molecule has 180 valence electrons. The van der Waals surface area contributed by atoms with Gasteiger partial charge in [-0.1, -0.05) is 43.3 Å². The van der Waals surface area contributed by atoms with Gasteiger partial charge in [0.15, 0.2) is 0 Å². The van der Waals surface area contributed by atoms with E-state index in [2.05, 4.69) is 42.2 Å². The maximum absolute atomic E-state index is 10.7. The van der Waals surface area contributed by atoms with Crippen LogP contribution >= 0.6 is 0 Å². The Morgan fingerprint density at radius 3 is 2.47 bits per heavy atom. The zero-order valence-electron chi connectivity index (χ0n) is 20.4. The Morgan fingerprint density at radius 1 is 1.15 bits per heavy atom. The predicted octanol–water partition coefficient (Wildman–Crippen LogP) is 6.38. The van der Waals surface area contributed by atoms with Crippen LogP contribution in [0.4, 0.5) is 5.69 Å². The molecule has 2 aromatic carbocycles. The molecule has 5 heteroatoms. The zero-order valence-corrected chi connectivity index (χ0v) is 20.4. The summed E-state index contributed by atoms with van der Waals surface area (Å²) in [6, 6.07) is 18.4. The molecule has 34 heavy (non-hydrogen) atoms. The Bertz CT molecular complexity index is 1020. The average Bonchev–Trinajstić information content (AvgIpc) is 3.57. The number of methoxy groups -OCH3 is 1. The van der Waals surface area contributed by atoms with Crippen LogP contribution in [-0.2, 0) is 16.0 Å². The largest absolute Gasteiger partial charge is 0.501 e. The van der Waals surface area contributed by atoms with E-state index in [1.807, 2.05) is 49.4 Å². The van der Waals surface area contributed by atoms with Gasteiger partial charge in [0.05, 0.1) is 19.4 Å². The number of aryl methyl sites for hydroxylation is 1. The molecule has 3 rings (SSSR count). The number of allylic oxidation sites excluding steroid dienone is 5. The number of ether oxygens (including phenoxy) is 2. The molecular formula is C29H35NO4. The van der Waals surface area contributed by atoms with Gasteiger partial charge in [0.25, 0.3) is 0 Å². The number of carbonyl (C=O) groups is 1. The number of carboxylic acids is 1. The van der Waals surface area contributed by atoms with E-state index in [0.29, 0.717) is 25.5 Å². The monoisotopic (exact) mass is 461 g/mol. The van der Waals surface area contributed by atoms with Crippen LogP contribution in [0.3, 0.4) is 0 Å². The van der Waals surface area contributed by atoms with Crippen molar-refractivity contribution in [1.29, 1.82) is 0 Å². The average molecular weight is 462 g/mol. The number of nitrogens with zero attached hydrogens (tertiary/aromatic N) is 1. The summed E-state index contributed by atoms with van der Waals surface area (Å²) in [7, 11) is 1.68. The van der Waals surface area contributed by atoms with E-state index < -0.39 is 5.97 Å². The lowest BCUT2D eigenvalue weighted by atomic mass is 10.1. The van der Waals surface area contributed by atoms with Crippen molar-refractivity contribution in [3.8, 4) is 5.75 Å². The molecule has 0 spiro atoms. The number of benzene rings is 2. The molecule has 0 amide bonds. The van der Waals surface area contributed by atoms with Gasteiger partial charge in [-0.3, -0.25) is 4.79 Å². The third kappa shape index (κ3) is 7.84. The normalized spacial score (nSPS) is 16.9. The Balaban J connectivity index is 1.68. The van der Waals surface area contributed by atoms with Gasteiger partial charge in [-0.05, 0) is 79.7 Å². The highest BCUT2D eigenvalue weighted by Gasteiger charge is 2.30. The summed E-state index contributed by atoms with van der Waals surface area (Å²) in [6.07, 6.45) is 8.90. The number of aliphatic carboxylic acids is 1. The van der Waals surface area contributed by atoms with Gasteiger partial charge >= 0.3 is 5.97 Å². The van der Waals surface area contributed by atoms with Crippen molar-refractivity contribution >= 4 is 11.7 Å². The molecule has 1 N–H and O–H groups in total. The summed E-state index contributed by atoms with van der Waals surface area (Å²) >= 11 is 0. The molecule has 0 aromatic heterocycles. The summed E-state index contributed by atoms with van der Waals surface area (Å²) < 4.78 is 11.3. The molecule has 1 fully saturated rings. The van der Waals surface area contributed by atoms with Crippen molar-refractivity contribution in [2.45, 2.75) is 39.5 Å². The SMILES string of the molecule is CO/C(C)=C/C=C\C(=C1/CC1C)N(CCOc1ccc(CCCC(=O)O)cc1)c1ccccc1. The van der Waals surface area contributed by atoms with E-state index in [1.165, 1.54) is 11.3 Å². The molecule has 5 nitrogen and oxygen atoms in total. The fraction of sp³-hybridized carbons (Fsp3) is 0.345. The van der Waals surface area contributed by atoms with Gasteiger partial charge in [0.1, 0.15) is 12.4 Å². The number of hydrogen-bond donors (Lipinski definition) is 1. The van der Waals surface area contributed by atoms with Gasteiger partial charge in [0.2, 0.25) is 0 Å². The van der Waals surface area contributed by atoms with Gasteiger partial charge < -0.3 is 19.5 Å². The maximum atomic E-state index is 10.7. The molecule has 1 saturated carbocycles. The van der Waals surface area contributed by atoms with Crippen molar-refractivity contribution in [2.24, 2.45) is 5.92 Å². The molecule has 0 radical (unpaired) electrons. The van der Waals surface area contributed by atoms with Crippen LogP contribution < -0.4 is 9.64 Å². The van der Waals surface area contributed by atoms with Gasteiger partial charge in [-0.15, -0.1) is 0 Å². The Morgan fingerprint density at radius 2 is 1.85 bits per heavy atom. The first kappa shape index (κ1) is 25.2. The van der Waals surface area contributed by atoms with E-state index in [4.69, 9.17) is 14.6 Å². The van der Waals surface area contributed by atoms with Crippen LogP contribution in [0.2, 0.25) is 0 Å². The molecule has 0 heterocycles. The number of rotatable bonds is 13. The van der Waals surface area contributed by atoms with Crippen molar-refractivity contribution < 1.29 is 19.4 Å². The second kappa shape index (κ2) is 12.7. The van der Waals surface area contributed by atoms with Crippen LogP contribution in [0.1, 0.15) is 38.7 Å². The summed E-state index contributed by atoms with van der Waals surface area (Å²) in [5.74, 6) is 1.52. The summed E-state index contributed by atoms with van der Waals surface area (Å²) in [5, 5.41) is 8.80. The van der Waals surface area contributed by atoms with Gasteiger partial charge in [-0.2, -0.15) is 0 Å². The van der Waals surface area contributed by atoms with Crippen LogP contribution in [0, 0.1) is 5.92 Å². The highest BCUT2D eigenvalue weighted by Crippen LogP contribution is 2.42. The smallest absolute Gasteiger partial charge is 0.303 e. The molecule has 1 aliphatic carbocycles. The topological polar surface area (TPSA) is 59.0 Å². The lowest BCUT2D eigenvalue weighted by Crippen LogP contribution is -2.27. The molecule has 0 saturated heterocycles. The number of carboxylic acid groups (broad SMARTS) is 1. The highest BCUT2D eigenvalue weighted by molar-refractivity contribution is 5.66. The van der Waals surface area contributed by atoms with Crippen LogP contribution in [0.5, 0.6) is 5.75 Å². The Kier molecular flexibility index (Phi) is 9.39. The quantitative estimate of drug-likeness (QED) is 0.277. The van der Waals surface area contributed by atoms with Crippen molar-refractivity contribution in [2.75, 3.05) is 25.2 Å². The molecule has 2 aromatic rings. The summed E-state index contributed by atoms with van der Waals surface area (Å²) in [6.45, 7) is 5.46.